The lowest BCUT2D eigenvalue weighted by Crippen LogP contribution is -2.25. The zero-order valence-corrected chi connectivity index (χ0v) is 18.1. The van der Waals surface area contributed by atoms with Gasteiger partial charge in [-0.3, -0.25) is 14.2 Å². The predicted molar refractivity (Wildman–Crippen MR) is 121 cm³/mol. The molecule has 2 heterocycles. The van der Waals surface area contributed by atoms with Crippen molar-refractivity contribution in [2.24, 2.45) is 0 Å². The van der Waals surface area contributed by atoms with E-state index in [4.69, 9.17) is 0 Å². The van der Waals surface area contributed by atoms with Gasteiger partial charge in [0.15, 0.2) is 16.3 Å². The van der Waals surface area contributed by atoms with Crippen LogP contribution < -0.4 is 10.9 Å². The molecule has 0 spiro atoms. The van der Waals surface area contributed by atoms with Crippen LogP contribution >= 0.6 is 27.7 Å². The van der Waals surface area contributed by atoms with Crippen LogP contribution in [0, 0.1) is 0 Å². The van der Waals surface area contributed by atoms with Crippen LogP contribution in [0.5, 0.6) is 0 Å². The van der Waals surface area contributed by atoms with Crippen LogP contribution in [0.3, 0.4) is 0 Å². The van der Waals surface area contributed by atoms with Crippen LogP contribution in [0.2, 0.25) is 0 Å². The van der Waals surface area contributed by atoms with Crippen molar-refractivity contribution in [3.8, 4) is 0 Å². The predicted octanol–water partition coefficient (Wildman–Crippen LogP) is 3.73. The minimum absolute atomic E-state index is 0.100. The Balaban J connectivity index is 1.60. The van der Waals surface area contributed by atoms with Crippen LogP contribution in [0.4, 0.5) is 5.69 Å². The highest BCUT2D eigenvalue weighted by atomic mass is 79.9. The van der Waals surface area contributed by atoms with Crippen molar-refractivity contribution in [2.75, 3.05) is 11.1 Å². The Kier molecular flexibility index (Phi) is 6.20. The number of carbonyl (C=O) groups is 1. The molecule has 0 aliphatic rings. The summed E-state index contributed by atoms with van der Waals surface area (Å²) in [5.41, 5.74) is 1.83. The fourth-order valence-corrected chi connectivity index (χ4v) is 3.86. The SMILES string of the molecule is O=C(CSc1nc2nccnc2c(=O)n1Cc1ccccc1)Nc1ccc(Br)cc1. The summed E-state index contributed by atoms with van der Waals surface area (Å²) in [6, 6.07) is 16.9. The van der Waals surface area contributed by atoms with E-state index in [2.05, 4.69) is 36.2 Å². The summed E-state index contributed by atoms with van der Waals surface area (Å²) in [6.07, 6.45) is 2.96. The van der Waals surface area contributed by atoms with Gasteiger partial charge in [-0.15, -0.1) is 0 Å². The van der Waals surface area contributed by atoms with E-state index in [0.717, 1.165) is 10.0 Å². The molecule has 0 fully saturated rings. The molecule has 150 valence electrons. The maximum atomic E-state index is 13.0. The molecule has 2 aromatic carbocycles. The molecule has 7 nitrogen and oxygen atoms in total. The average molecular weight is 482 g/mol. The topological polar surface area (TPSA) is 89.8 Å². The van der Waals surface area contributed by atoms with Crippen molar-refractivity contribution < 1.29 is 4.79 Å². The molecule has 0 radical (unpaired) electrons. The first kappa shape index (κ1) is 20.2. The Morgan fingerprint density at radius 1 is 1.03 bits per heavy atom. The van der Waals surface area contributed by atoms with Crippen LogP contribution in [-0.2, 0) is 11.3 Å². The number of hydrogen-bond donors (Lipinski definition) is 1. The molecule has 0 atom stereocenters. The fraction of sp³-hybridized carbons (Fsp3) is 0.0952. The van der Waals surface area contributed by atoms with Crippen LogP contribution in [0.25, 0.3) is 11.2 Å². The number of halogens is 1. The molecule has 0 unspecified atom stereocenters. The van der Waals surface area contributed by atoms with Gasteiger partial charge < -0.3 is 5.32 Å². The Bertz CT molecular complexity index is 1250. The summed E-state index contributed by atoms with van der Waals surface area (Å²) < 4.78 is 2.46. The maximum absolute atomic E-state index is 13.0. The first-order chi connectivity index (χ1) is 14.6. The van der Waals surface area contributed by atoms with Crippen LogP contribution in [0.15, 0.2) is 81.4 Å². The molecule has 4 aromatic rings. The molecule has 0 saturated heterocycles. The van der Waals surface area contributed by atoms with Gasteiger partial charge in [0.1, 0.15) is 0 Å². The number of nitrogens with one attached hydrogen (secondary N) is 1. The Morgan fingerprint density at radius 3 is 2.53 bits per heavy atom. The highest BCUT2D eigenvalue weighted by molar-refractivity contribution is 9.10. The number of hydrogen-bond acceptors (Lipinski definition) is 6. The Hall–Kier alpha value is -3.04. The summed E-state index contributed by atoms with van der Waals surface area (Å²) in [5.74, 6) is -0.0923. The standard InChI is InChI=1S/C21H16BrN5O2S/c22-15-6-8-16(9-7-15)25-17(28)13-30-21-26-19-18(23-10-11-24-19)20(29)27(21)12-14-4-2-1-3-5-14/h1-11H,12-13H2,(H,25,28). The molecule has 2 aromatic heterocycles. The molecule has 1 N–H and O–H groups in total. The summed E-state index contributed by atoms with van der Waals surface area (Å²) in [7, 11) is 0. The number of carbonyl (C=O) groups excluding carboxylic acids is 1. The van der Waals surface area contributed by atoms with E-state index in [1.165, 1.54) is 28.7 Å². The van der Waals surface area contributed by atoms with Gasteiger partial charge in [-0.25, -0.2) is 15.0 Å². The number of aromatic nitrogens is 4. The molecule has 0 aliphatic heterocycles. The smallest absolute Gasteiger partial charge is 0.282 e. The van der Waals surface area contributed by atoms with Gasteiger partial charge >= 0.3 is 0 Å². The summed E-state index contributed by atoms with van der Waals surface area (Å²) in [4.78, 5) is 38.2. The highest BCUT2D eigenvalue weighted by Crippen LogP contribution is 2.19. The van der Waals surface area contributed by atoms with Crippen molar-refractivity contribution in [2.45, 2.75) is 11.7 Å². The molecule has 1 amide bonds. The van der Waals surface area contributed by atoms with E-state index >= 15 is 0 Å². The van der Waals surface area contributed by atoms with Gasteiger partial charge in [0, 0.05) is 22.6 Å². The summed E-state index contributed by atoms with van der Waals surface area (Å²) >= 11 is 4.55. The minimum Gasteiger partial charge on any atom is -0.325 e. The van der Waals surface area contributed by atoms with Crippen molar-refractivity contribution in [3.63, 3.8) is 0 Å². The lowest BCUT2D eigenvalue weighted by atomic mass is 10.2. The van der Waals surface area contributed by atoms with Gasteiger partial charge in [-0.2, -0.15) is 0 Å². The second kappa shape index (κ2) is 9.19. The van der Waals surface area contributed by atoms with Crippen molar-refractivity contribution >= 4 is 50.5 Å². The number of fused-ring (bicyclic) bond motifs is 1. The number of benzene rings is 2. The van der Waals surface area contributed by atoms with Gasteiger partial charge in [0.25, 0.3) is 5.56 Å². The van der Waals surface area contributed by atoms with E-state index in [0.29, 0.717) is 17.4 Å². The molecule has 30 heavy (non-hydrogen) atoms. The van der Waals surface area contributed by atoms with Gasteiger partial charge in [-0.05, 0) is 29.8 Å². The van der Waals surface area contributed by atoms with Crippen molar-refractivity contribution in [3.05, 3.63) is 87.4 Å². The van der Waals surface area contributed by atoms with Gasteiger partial charge in [0.05, 0.1) is 12.3 Å². The van der Waals surface area contributed by atoms with Gasteiger partial charge in [-0.1, -0.05) is 58.0 Å². The fourth-order valence-electron chi connectivity index (χ4n) is 2.81. The summed E-state index contributed by atoms with van der Waals surface area (Å²) in [5, 5.41) is 3.26. The molecular weight excluding hydrogens is 466 g/mol. The van der Waals surface area contributed by atoms with Gasteiger partial charge in [0.2, 0.25) is 5.91 Å². The lowest BCUT2D eigenvalue weighted by Gasteiger charge is -2.12. The number of rotatable bonds is 6. The van der Waals surface area contributed by atoms with Crippen LogP contribution in [0.1, 0.15) is 5.56 Å². The maximum Gasteiger partial charge on any atom is 0.282 e. The third kappa shape index (κ3) is 4.74. The van der Waals surface area contributed by atoms with E-state index in [1.54, 1.807) is 0 Å². The third-order valence-corrected chi connectivity index (χ3v) is 5.71. The molecule has 0 saturated carbocycles. The quantitative estimate of drug-likeness (QED) is 0.333. The lowest BCUT2D eigenvalue weighted by molar-refractivity contribution is -0.113. The van der Waals surface area contributed by atoms with Crippen molar-refractivity contribution in [1.29, 1.82) is 0 Å². The molecule has 0 aliphatic carbocycles. The Morgan fingerprint density at radius 2 is 1.77 bits per heavy atom. The number of amides is 1. The Labute approximate surface area is 184 Å². The molecule has 4 rings (SSSR count). The van der Waals surface area contributed by atoms with E-state index in [9.17, 15) is 9.59 Å². The first-order valence-corrected chi connectivity index (χ1v) is 10.8. The second-order valence-corrected chi connectivity index (χ2v) is 8.20. The largest absolute Gasteiger partial charge is 0.325 e. The molecule has 9 heteroatoms. The number of anilines is 1. The monoisotopic (exact) mass is 481 g/mol. The highest BCUT2D eigenvalue weighted by Gasteiger charge is 2.15. The average Bonchev–Trinajstić information content (AvgIpc) is 2.77. The van der Waals surface area contributed by atoms with Crippen LogP contribution in [-0.4, -0.2) is 31.2 Å². The first-order valence-electron chi connectivity index (χ1n) is 9.04. The van der Waals surface area contributed by atoms with Crippen molar-refractivity contribution in [1.82, 2.24) is 19.5 Å². The molecule has 0 bridgehead atoms. The number of nitrogens with zero attached hydrogens (tertiary/aromatic N) is 4. The minimum atomic E-state index is -0.284. The molecular formula is C21H16BrN5O2S. The van der Waals surface area contributed by atoms with E-state index < -0.39 is 0 Å². The third-order valence-electron chi connectivity index (χ3n) is 4.20. The zero-order valence-electron chi connectivity index (χ0n) is 15.7. The second-order valence-electron chi connectivity index (χ2n) is 6.34. The van der Waals surface area contributed by atoms with E-state index in [-0.39, 0.29) is 28.4 Å². The normalized spacial score (nSPS) is 10.8. The zero-order chi connectivity index (χ0) is 20.9. The summed E-state index contributed by atoms with van der Waals surface area (Å²) in [6.45, 7) is 0.329. The number of thioether (sulfide) groups is 1. The van der Waals surface area contributed by atoms with E-state index in [1.807, 2.05) is 54.6 Å².